The van der Waals surface area contributed by atoms with Gasteiger partial charge in [-0.05, 0) is 25.4 Å². The number of alkyl halides is 2. The van der Waals surface area contributed by atoms with Gasteiger partial charge in [-0.1, -0.05) is 13.3 Å². The molecule has 1 rings (SSSR count). The summed E-state index contributed by atoms with van der Waals surface area (Å²) in [7, 11) is 0. The highest BCUT2D eigenvalue weighted by molar-refractivity contribution is 4.77. The Bertz CT molecular complexity index is 130. The van der Waals surface area contributed by atoms with Gasteiger partial charge in [0.1, 0.15) is 0 Å². The fraction of sp³-hybridized carbons (Fsp3) is 1.00. The maximum Gasteiger partial charge on any atom is 0.248 e. The van der Waals surface area contributed by atoms with E-state index in [1.165, 1.54) is 0 Å². The van der Waals surface area contributed by atoms with Crippen molar-refractivity contribution >= 4 is 0 Å². The molecule has 1 unspecified atom stereocenters. The first kappa shape index (κ1) is 9.90. The maximum absolute atomic E-state index is 13.0. The Morgan fingerprint density at radius 3 is 2.75 bits per heavy atom. The van der Waals surface area contributed by atoms with Crippen molar-refractivity contribution in [2.75, 3.05) is 13.1 Å². The van der Waals surface area contributed by atoms with E-state index < -0.39 is 5.92 Å². The molecule has 1 saturated heterocycles. The lowest BCUT2D eigenvalue weighted by molar-refractivity contribution is -0.0293. The van der Waals surface area contributed by atoms with Crippen LogP contribution in [0.25, 0.3) is 0 Å². The SMILES string of the molecule is CCCC(F)(F)CC1CCNC1. The molecule has 0 aromatic rings. The molecule has 72 valence electrons. The van der Waals surface area contributed by atoms with Crippen LogP contribution in [0.3, 0.4) is 0 Å². The van der Waals surface area contributed by atoms with Crippen molar-refractivity contribution in [2.24, 2.45) is 5.92 Å². The fourth-order valence-corrected chi connectivity index (χ4v) is 1.78. The van der Waals surface area contributed by atoms with E-state index in [0.29, 0.717) is 6.42 Å². The maximum atomic E-state index is 13.0. The lowest BCUT2D eigenvalue weighted by Crippen LogP contribution is -2.22. The van der Waals surface area contributed by atoms with Gasteiger partial charge < -0.3 is 5.32 Å². The Morgan fingerprint density at radius 2 is 2.25 bits per heavy atom. The molecule has 1 aliphatic rings. The van der Waals surface area contributed by atoms with Gasteiger partial charge in [-0.15, -0.1) is 0 Å². The van der Waals surface area contributed by atoms with E-state index >= 15 is 0 Å². The smallest absolute Gasteiger partial charge is 0.248 e. The van der Waals surface area contributed by atoms with E-state index in [-0.39, 0.29) is 18.8 Å². The summed E-state index contributed by atoms with van der Waals surface area (Å²) in [6, 6.07) is 0. The quantitative estimate of drug-likeness (QED) is 0.695. The lowest BCUT2D eigenvalue weighted by Gasteiger charge is -2.18. The zero-order chi connectivity index (χ0) is 9.03. The van der Waals surface area contributed by atoms with E-state index in [0.717, 1.165) is 19.5 Å². The molecule has 12 heavy (non-hydrogen) atoms. The highest BCUT2D eigenvalue weighted by Crippen LogP contribution is 2.30. The van der Waals surface area contributed by atoms with Gasteiger partial charge >= 0.3 is 0 Å². The molecule has 1 fully saturated rings. The average Bonchev–Trinajstić information content (AvgIpc) is 2.38. The van der Waals surface area contributed by atoms with Gasteiger partial charge in [0, 0.05) is 12.8 Å². The summed E-state index contributed by atoms with van der Waals surface area (Å²) in [5.41, 5.74) is 0. The number of halogens is 2. The molecular weight excluding hydrogens is 160 g/mol. The first-order valence-electron chi connectivity index (χ1n) is 4.72. The number of rotatable bonds is 4. The summed E-state index contributed by atoms with van der Waals surface area (Å²) in [6.07, 6.45) is 1.61. The molecule has 1 aliphatic heterocycles. The van der Waals surface area contributed by atoms with Gasteiger partial charge in [0.2, 0.25) is 5.92 Å². The van der Waals surface area contributed by atoms with Crippen LogP contribution in [0.1, 0.15) is 32.6 Å². The van der Waals surface area contributed by atoms with Gasteiger partial charge in [0.25, 0.3) is 0 Å². The average molecular weight is 177 g/mol. The minimum absolute atomic E-state index is 0.0451. The zero-order valence-electron chi connectivity index (χ0n) is 7.58. The topological polar surface area (TPSA) is 12.0 Å². The molecule has 1 atom stereocenters. The van der Waals surface area contributed by atoms with Crippen LogP contribution >= 0.6 is 0 Å². The molecule has 0 aromatic heterocycles. The second-order valence-electron chi connectivity index (χ2n) is 3.67. The normalized spacial score (nSPS) is 24.8. The number of hydrogen-bond donors (Lipinski definition) is 1. The molecule has 0 aliphatic carbocycles. The van der Waals surface area contributed by atoms with Gasteiger partial charge in [0.05, 0.1) is 0 Å². The van der Waals surface area contributed by atoms with Crippen molar-refractivity contribution < 1.29 is 8.78 Å². The Labute approximate surface area is 72.5 Å². The summed E-state index contributed by atoms with van der Waals surface area (Å²) in [5, 5.41) is 3.10. The van der Waals surface area contributed by atoms with Crippen molar-refractivity contribution in [1.29, 1.82) is 0 Å². The molecule has 0 saturated carbocycles. The van der Waals surface area contributed by atoms with Crippen molar-refractivity contribution in [1.82, 2.24) is 5.32 Å². The molecule has 1 nitrogen and oxygen atoms in total. The van der Waals surface area contributed by atoms with E-state index in [2.05, 4.69) is 5.32 Å². The lowest BCUT2D eigenvalue weighted by atomic mass is 9.98. The third kappa shape index (κ3) is 3.05. The summed E-state index contributed by atoms with van der Waals surface area (Å²) in [6.45, 7) is 3.49. The zero-order valence-corrected chi connectivity index (χ0v) is 7.58. The Balaban J connectivity index is 2.27. The largest absolute Gasteiger partial charge is 0.316 e. The third-order valence-electron chi connectivity index (χ3n) is 2.37. The van der Waals surface area contributed by atoms with Crippen molar-refractivity contribution in [3.8, 4) is 0 Å². The van der Waals surface area contributed by atoms with Crippen molar-refractivity contribution in [2.45, 2.75) is 38.5 Å². The highest BCUT2D eigenvalue weighted by Gasteiger charge is 2.32. The van der Waals surface area contributed by atoms with E-state index in [1.54, 1.807) is 6.92 Å². The molecule has 0 spiro atoms. The minimum atomic E-state index is -2.43. The van der Waals surface area contributed by atoms with Gasteiger partial charge in [-0.2, -0.15) is 0 Å². The number of nitrogens with one attached hydrogen (secondary N) is 1. The third-order valence-corrected chi connectivity index (χ3v) is 2.37. The van der Waals surface area contributed by atoms with Crippen LogP contribution in [0, 0.1) is 5.92 Å². The van der Waals surface area contributed by atoms with Gasteiger partial charge in [-0.3, -0.25) is 0 Å². The van der Waals surface area contributed by atoms with Crippen molar-refractivity contribution in [3.05, 3.63) is 0 Å². The Morgan fingerprint density at radius 1 is 1.50 bits per heavy atom. The first-order chi connectivity index (χ1) is 5.64. The van der Waals surface area contributed by atoms with E-state index in [1.807, 2.05) is 0 Å². The van der Waals surface area contributed by atoms with Gasteiger partial charge in [-0.25, -0.2) is 8.78 Å². The Kier molecular flexibility index (Phi) is 3.44. The monoisotopic (exact) mass is 177 g/mol. The summed E-state index contributed by atoms with van der Waals surface area (Å²) >= 11 is 0. The molecule has 0 aromatic carbocycles. The van der Waals surface area contributed by atoms with E-state index in [4.69, 9.17) is 0 Å². The van der Waals surface area contributed by atoms with Crippen LogP contribution in [-0.2, 0) is 0 Å². The molecule has 0 amide bonds. The summed E-state index contributed by atoms with van der Waals surface area (Å²) in [5.74, 6) is -2.22. The van der Waals surface area contributed by atoms with Crippen LogP contribution in [0.5, 0.6) is 0 Å². The number of hydrogen-bond acceptors (Lipinski definition) is 1. The fourth-order valence-electron chi connectivity index (χ4n) is 1.78. The molecule has 0 radical (unpaired) electrons. The van der Waals surface area contributed by atoms with Crippen LogP contribution in [0.2, 0.25) is 0 Å². The summed E-state index contributed by atoms with van der Waals surface area (Å²) < 4.78 is 26.1. The Hall–Kier alpha value is -0.180. The highest BCUT2D eigenvalue weighted by atomic mass is 19.3. The first-order valence-corrected chi connectivity index (χ1v) is 4.72. The minimum Gasteiger partial charge on any atom is -0.316 e. The molecule has 1 N–H and O–H groups in total. The molecule has 3 heteroatoms. The summed E-state index contributed by atoms with van der Waals surface area (Å²) in [4.78, 5) is 0. The van der Waals surface area contributed by atoms with Crippen LogP contribution in [0.15, 0.2) is 0 Å². The second kappa shape index (κ2) is 4.17. The standard InChI is InChI=1S/C9H17F2N/c1-2-4-9(10,11)6-8-3-5-12-7-8/h8,12H,2-7H2,1H3. The van der Waals surface area contributed by atoms with Gasteiger partial charge in [0.15, 0.2) is 0 Å². The second-order valence-corrected chi connectivity index (χ2v) is 3.67. The molecule has 0 bridgehead atoms. The van der Waals surface area contributed by atoms with Crippen LogP contribution in [-0.4, -0.2) is 19.0 Å². The predicted octanol–water partition coefficient (Wildman–Crippen LogP) is 2.42. The van der Waals surface area contributed by atoms with Crippen LogP contribution in [0.4, 0.5) is 8.78 Å². The molecular formula is C9H17F2N. The molecule has 1 heterocycles. The van der Waals surface area contributed by atoms with Crippen molar-refractivity contribution in [3.63, 3.8) is 0 Å². The van der Waals surface area contributed by atoms with E-state index in [9.17, 15) is 8.78 Å². The predicted molar refractivity (Wildman–Crippen MR) is 45.4 cm³/mol. The van der Waals surface area contributed by atoms with Crippen LogP contribution < -0.4 is 5.32 Å².